The topological polar surface area (TPSA) is 35.2 Å². The Morgan fingerprint density at radius 1 is 1.10 bits per heavy atom. The Hall–Kier alpha value is -1.51. The Balaban J connectivity index is 1.81. The average Bonchev–Trinajstić information content (AvgIpc) is 2.92. The van der Waals surface area contributed by atoms with E-state index in [1.165, 1.54) is 24.0 Å². The predicted molar refractivity (Wildman–Crippen MR) is 82.3 cm³/mol. The van der Waals surface area contributed by atoms with Crippen LogP contribution < -0.4 is 10.5 Å². The van der Waals surface area contributed by atoms with Gasteiger partial charge in [0.25, 0.3) is 0 Å². The molecule has 20 heavy (non-hydrogen) atoms. The molecule has 1 unspecified atom stereocenters. The van der Waals surface area contributed by atoms with Crippen LogP contribution in [0.25, 0.3) is 0 Å². The zero-order valence-corrected chi connectivity index (χ0v) is 12.1. The lowest BCUT2D eigenvalue weighted by Gasteiger charge is -2.18. The lowest BCUT2D eigenvalue weighted by Crippen LogP contribution is -2.18. The van der Waals surface area contributed by atoms with Crippen molar-refractivity contribution in [1.82, 2.24) is 0 Å². The van der Waals surface area contributed by atoms with E-state index in [4.69, 9.17) is 22.1 Å². The minimum atomic E-state index is -0.159. The molecule has 104 valence electrons. The van der Waals surface area contributed by atoms with Crippen molar-refractivity contribution in [3.05, 3.63) is 64.2 Å². The van der Waals surface area contributed by atoms with Crippen LogP contribution in [0.1, 0.15) is 29.2 Å². The summed E-state index contributed by atoms with van der Waals surface area (Å²) < 4.78 is 6.05. The maximum atomic E-state index is 6.05. The van der Waals surface area contributed by atoms with Crippen LogP contribution in [-0.4, -0.2) is 6.54 Å². The first kappa shape index (κ1) is 13.5. The van der Waals surface area contributed by atoms with E-state index >= 15 is 0 Å². The highest BCUT2D eigenvalue weighted by Crippen LogP contribution is 2.29. The molecule has 0 bridgehead atoms. The lowest BCUT2D eigenvalue weighted by molar-refractivity contribution is 0.214. The Labute approximate surface area is 124 Å². The highest BCUT2D eigenvalue weighted by Gasteiger charge is 2.15. The molecule has 2 N–H and O–H groups in total. The number of hydrogen-bond donors (Lipinski definition) is 1. The number of halogens is 1. The van der Waals surface area contributed by atoms with Crippen molar-refractivity contribution in [1.29, 1.82) is 0 Å². The number of nitrogens with two attached hydrogens (primary N) is 1. The fourth-order valence-corrected chi connectivity index (χ4v) is 2.94. The van der Waals surface area contributed by atoms with Gasteiger partial charge in [-0.3, -0.25) is 0 Å². The third-order valence-electron chi connectivity index (χ3n) is 3.78. The average molecular weight is 288 g/mol. The second-order valence-electron chi connectivity index (χ2n) is 5.18. The van der Waals surface area contributed by atoms with E-state index in [0.717, 1.165) is 17.7 Å². The largest absolute Gasteiger partial charge is 0.484 e. The molecule has 2 nitrogen and oxygen atoms in total. The summed E-state index contributed by atoms with van der Waals surface area (Å²) in [5.74, 6) is 0.890. The smallest absolute Gasteiger partial charge is 0.136 e. The molecule has 0 radical (unpaired) electrons. The first-order valence-corrected chi connectivity index (χ1v) is 7.38. The zero-order valence-electron chi connectivity index (χ0n) is 11.3. The van der Waals surface area contributed by atoms with Crippen LogP contribution in [0.3, 0.4) is 0 Å². The molecule has 0 saturated heterocycles. The van der Waals surface area contributed by atoms with Crippen molar-refractivity contribution < 1.29 is 4.74 Å². The van der Waals surface area contributed by atoms with Gasteiger partial charge in [-0.05, 0) is 60.2 Å². The summed E-state index contributed by atoms with van der Waals surface area (Å²) in [6, 6.07) is 14.0. The molecular formula is C17H18ClNO. The molecule has 2 aromatic rings. The summed E-state index contributed by atoms with van der Waals surface area (Å²) in [4.78, 5) is 0. The summed E-state index contributed by atoms with van der Waals surface area (Å²) in [5.41, 5.74) is 9.72. The van der Waals surface area contributed by atoms with Crippen molar-refractivity contribution in [2.24, 2.45) is 5.73 Å². The third-order valence-corrected chi connectivity index (χ3v) is 4.02. The molecule has 3 rings (SSSR count). The predicted octanol–water partition coefficient (Wildman–Crippen LogP) is 3.91. The summed E-state index contributed by atoms with van der Waals surface area (Å²) in [6.07, 6.45) is 3.42. The summed E-state index contributed by atoms with van der Waals surface area (Å²) in [6.45, 7) is 0.428. The molecule has 2 aromatic carbocycles. The monoisotopic (exact) mass is 287 g/mol. The van der Waals surface area contributed by atoms with Crippen LogP contribution in [0, 0.1) is 0 Å². The highest BCUT2D eigenvalue weighted by atomic mass is 35.5. The van der Waals surface area contributed by atoms with Gasteiger partial charge in [-0.1, -0.05) is 29.8 Å². The summed E-state index contributed by atoms with van der Waals surface area (Å²) >= 11 is 6.03. The molecule has 0 amide bonds. The van der Waals surface area contributed by atoms with Gasteiger partial charge in [0, 0.05) is 11.6 Å². The first-order valence-electron chi connectivity index (χ1n) is 7.00. The van der Waals surface area contributed by atoms with E-state index in [-0.39, 0.29) is 6.10 Å². The van der Waals surface area contributed by atoms with Crippen molar-refractivity contribution >= 4 is 11.6 Å². The van der Waals surface area contributed by atoms with Gasteiger partial charge in [-0.2, -0.15) is 0 Å². The first-order chi connectivity index (χ1) is 9.76. The molecule has 0 aromatic heterocycles. The normalized spacial score (nSPS) is 14.9. The van der Waals surface area contributed by atoms with Crippen LogP contribution in [0.5, 0.6) is 5.75 Å². The van der Waals surface area contributed by atoms with Gasteiger partial charge in [0.1, 0.15) is 11.9 Å². The Bertz CT molecular complexity index is 612. The van der Waals surface area contributed by atoms with Crippen molar-refractivity contribution in [3.8, 4) is 5.75 Å². The van der Waals surface area contributed by atoms with Gasteiger partial charge < -0.3 is 10.5 Å². The summed E-state index contributed by atoms with van der Waals surface area (Å²) in [5, 5.41) is 0.707. The van der Waals surface area contributed by atoms with Gasteiger partial charge in [0.05, 0.1) is 0 Å². The second-order valence-corrected chi connectivity index (χ2v) is 5.62. The maximum Gasteiger partial charge on any atom is 0.136 e. The summed E-state index contributed by atoms with van der Waals surface area (Å²) in [7, 11) is 0. The van der Waals surface area contributed by atoms with Gasteiger partial charge in [0.15, 0.2) is 0 Å². The Morgan fingerprint density at radius 3 is 2.75 bits per heavy atom. The van der Waals surface area contributed by atoms with E-state index in [2.05, 4.69) is 12.1 Å². The van der Waals surface area contributed by atoms with Crippen molar-refractivity contribution in [2.75, 3.05) is 6.54 Å². The van der Waals surface area contributed by atoms with E-state index in [1.54, 1.807) is 0 Å². The number of hydrogen-bond acceptors (Lipinski definition) is 2. The molecule has 3 heteroatoms. The number of benzene rings is 2. The van der Waals surface area contributed by atoms with Gasteiger partial charge in [0.2, 0.25) is 0 Å². The standard InChI is InChI=1S/C17H18ClNO/c18-15-6-2-5-14(9-15)17(11-19)20-16-8-7-12-3-1-4-13(12)10-16/h2,5-10,17H,1,3-4,11,19H2. The molecule has 0 fully saturated rings. The molecule has 0 aliphatic heterocycles. The quantitative estimate of drug-likeness (QED) is 0.925. The van der Waals surface area contributed by atoms with Crippen LogP contribution in [0.2, 0.25) is 5.02 Å². The fraction of sp³-hybridized carbons (Fsp3) is 0.294. The molecule has 0 heterocycles. The van der Waals surface area contributed by atoms with E-state index < -0.39 is 0 Å². The Kier molecular flexibility index (Phi) is 3.95. The molecule has 1 aliphatic carbocycles. The van der Waals surface area contributed by atoms with Crippen LogP contribution in [0.4, 0.5) is 0 Å². The third kappa shape index (κ3) is 2.82. The van der Waals surface area contributed by atoms with Gasteiger partial charge in [-0.15, -0.1) is 0 Å². The second kappa shape index (κ2) is 5.86. The molecule has 1 aliphatic rings. The molecule has 0 spiro atoms. The molecule has 0 saturated carbocycles. The maximum absolute atomic E-state index is 6.05. The Morgan fingerprint density at radius 2 is 1.95 bits per heavy atom. The fourth-order valence-electron chi connectivity index (χ4n) is 2.74. The number of ether oxygens (including phenoxy) is 1. The van der Waals surface area contributed by atoms with Gasteiger partial charge >= 0.3 is 0 Å². The van der Waals surface area contributed by atoms with E-state index in [9.17, 15) is 0 Å². The zero-order chi connectivity index (χ0) is 13.9. The van der Waals surface area contributed by atoms with E-state index in [0.29, 0.717) is 11.6 Å². The minimum Gasteiger partial charge on any atom is -0.484 e. The SMILES string of the molecule is NCC(Oc1ccc2c(c1)CCC2)c1cccc(Cl)c1. The van der Waals surface area contributed by atoms with Crippen molar-refractivity contribution in [2.45, 2.75) is 25.4 Å². The van der Waals surface area contributed by atoms with Crippen LogP contribution in [0.15, 0.2) is 42.5 Å². The minimum absolute atomic E-state index is 0.159. The van der Waals surface area contributed by atoms with Gasteiger partial charge in [-0.25, -0.2) is 0 Å². The number of rotatable bonds is 4. The van der Waals surface area contributed by atoms with Crippen LogP contribution >= 0.6 is 11.6 Å². The highest BCUT2D eigenvalue weighted by molar-refractivity contribution is 6.30. The van der Waals surface area contributed by atoms with Crippen molar-refractivity contribution in [3.63, 3.8) is 0 Å². The van der Waals surface area contributed by atoms with E-state index in [1.807, 2.05) is 30.3 Å². The molecule has 1 atom stereocenters. The number of aryl methyl sites for hydroxylation is 2. The molecular weight excluding hydrogens is 270 g/mol. The van der Waals surface area contributed by atoms with Crippen LogP contribution in [-0.2, 0) is 12.8 Å². The number of fused-ring (bicyclic) bond motifs is 1. The lowest BCUT2D eigenvalue weighted by atomic mass is 10.1.